The lowest BCUT2D eigenvalue weighted by Gasteiger charge is -2.06. The Kier molecular flexibility index (Phi) is 8.22. The first kappa shape index (κ1) is 32.5. The second-order valence-corrected chi connectivity index (χ2v) is 15.5. The summed E-state index contributed by atoms with van der Waals surface area (Å²) >= 11 is 4.28. The molecule has 0 atom stereocenters. The number of fused-ring (bicyclic) bond motifs is 3. The van der Waals surface area contributed by atoms with Gasteiger partial charge in [0.05, 0.1) is 30.6 Å². The van der Waals surface area contributed by atoms with E-state index in [0.29, 0.717) is 37.7 Å². The van der Waals surface area contributed by atoms with Crippen LogP contribution in [0.4, 0.5) is 11.4 Å². The van der Waals surface area contributed by atoms with Crippen molar-refractivity contribution < 1.29 is 17.8 Å². The maximum atomic E-state index is 13.1. The van der Waals surface area contributed by atoms with E-state index in [-0.39, 0.29) is 17.0 Å². The molecule has 0 fully saturated rings. The summed E-state index contributed by atoms with van der Waals surface area (Å²) in [6.45, 7) is 1.65. The molecule has 0 unspecified atom stereocenters. The van der Waals surface area contributed by atoms with E-state index in [0.717, 1.165) is 47.1 Å². The lowest BCUT2D eigenvalue weighted by Crippen LogP contribution is -2.11. The molecule has 49 heavy (non-hydrogen) atoms. The molecule has 0 spiro atoms. The van der Waals surface area contributed by atoms with E-state index < -0.39 is 10.1 Å². The van der Waals surface area contributed by atoms with Crippen LogP contribution in [0.2, 0.25) is 0 Å². The average molecular weight is 723 g/mol. The fourth-order valence-corrected chi connectivity index (χ4v) is 9.74. The summed E-state index contributed by atoms with van der Waals surface area (Å²) in [4.78, 5) is 27.2. The van der Waals surface area contributed by atoms with Crippen molar-refractivity contribution in [2.45, 2.75) is 11.8 Å². The number of carbonyl (C=O) groups is 1. The number of hydrogen-bond acceptors (Lipinski definition) is 11. The van der Waals surface area contributed by atoms with Gasteiger partial charge >= 0.3 is 0 Å². The number of nitrogen functional groups attached to an aromatic ring is 1. The molecule has 0 saturated heterocycles. The summed E-state index contributed by atoms with van der Waals surface area (Å²) in [5.74, 6) is -0.215. The Morgan fingerprint density at radius 3 is 1.88 bits per heavy atom. The van der Waals surface area contributed by atoms with Crippen molar-refractivity contribution in [1.29, 1.82) is 0 Å². The van der Waals surface area contributed by atoms with Crippen LogP contribution in [0.5, 0.6) is 0 Å². The minimum atomic E-state index is -4.40. The van der Waals surface area contributed by atoms with Crippen LogP contribution in [-0.2, 0) is 10.1 Å². The third-order valence-corrected chi connectivity index (χ3v) is 12.2. The lowest BCUT2D eigenvalue weighted by molar-refractivity contribution is 0.102. The first-order valence-electron chi connectivity index (χ1n) is 14.6. The van der Waals surface area contributed by atoms with E-state index in [4.69, 9.17) is 15.7 Å². The van der Waals surface area contributed by atoms with Crippen molar-refractivity contribution in [2.75, 3.05) is 11.1 Å². The molecule has 244 valence electrons. The number of benzene rings is 5. The van der Waals surface area contributed by atoms with E-state index in [1.807, 2.05) is 78.9 Å². The number of hydrogen-bond donors (Lipinski definition) is 4. The molecule has 0 bridgehead atoms. The Balaban J connectivity index is 0.00000378. The van der Waals surface area contributed by atoms with Gasteiger partial charge in [0.2, 0.25) is 0 Å². The van der Waals surface area contributed by atoms with Gasteiger partial charge in [-0.2, -0.15) is 8.42 Å². The number of thiazole rings is 3. The van der Waals surface area contributed by atoms with Gasteiger partial charge in [-0.05, 0) is 103 Å². The number of aryl methyl sites for hydroxylation is 1. The van der Waals surface area contributed by atoms with Gasteiger partial charge in [0, 0.05) is 33.6 Å². The molecule has 3 aromatic heterocycles. The molecule has 5 aromatic carbocycles. The Morgan fingerprint density at radius 1 is 0.694 bits per heavy atom. The van der Waals surface area contributed by atoms with Crippen molar-refractivity contribution in [1.82, 2.24) is 21.1 Å². The van der Waals surface area contributed by atoms with Crippen molar-refractivity contribution in [3.8, 4) is 31.7 Å². The zero-order valence-electron chi connectivity index (χ0n) is 25.7. The van der Waals surface area contributed by atoms with Crippen molar-refractivity contribution in [2.24, 2.45) is 0 Å². The van der Waals surface area contributed by atoms with Crippen molar-refractivity contribution in [3.63, 3.8) is 0 Å². The zero-order valence-corrected chi connectivity index (χ0v) is 28.9. The summed E-state index contributed by atoms with van der Waals surface area (Å²) in [7, 11) is -4.40. The van der Waals surface area contributed by atoms with Crippen LogP contribution in [-0.4, -0.2) is 33.8 Å². The number of amides is 1. The largest absolute Gasteiger partial charge is 0.399 e. The Labute approximate surface area is 292 Å². The lowest BCUT2D eigenvalue weighted by atomic mass is 10.1. The molecule has 8 aromatic rings. The smallest absolute Gasteiger partial charge is 0.296 e. The summed E-state index contributed by atoms with van der Waals surface area (Å²) < 4.78 is 36.2. The third kappa shape index (κ3) is 6.17. The minimum Gasteiger partial charge on any atom is -0.399 e. The molecule has 7 N–H and O–H groups in total. The van der Waals surface area contributed by atoms with Gasteiger partial charge < -0.3 is 17.2 Å². The summed E-state index contributed by atoms with van der Waals surface area (Å²) in [5, 5.41) is 5.32. The Morgan fingerprint density at radius 2 is 1.22 bits per heavy atom. The molecule has 8 rings (SSSR count). The molecular formula is C35H26N6O4S4. The van der Waals surface area contributed by atoms with Gasteiger partial charge in [0.25, 0.3) is 16.0 Å². The van der Waals surface area contributed by atoms with Gasteiger partial charge in [0.1, 0.15) is 19.9 Å². The summed E-state index contributed by atoms with van der Waals surface area (Å²) in [6.07, 6.45) is 0. The number of rotatable bonds is 6. The predicted molar refractivity (Wildman–Crippen MR) is 201 cm³/mol. The highest BCUT2D eigenvalue weighted by Gasteiger charge is 2.21. The van der Waals surface area contributed by atoms with Crippen molar-refractivity contribution in [3.05, 3.63) is 108 Å². The van der Waals surface area contributed by atoms with Crippen LogP contribution in [0, 0.1) is 6.92 Å². The van der Waals surface area contributed by atoms with E-state index >= 15 is 0 Å². The molecule has 1 amide bonds. The van der Waals surface area contributed by atoms with Crippen LogP contribution < -0.4 is 17.2 Å². The predicted octanol–water partition coefficient (Wildman–Crippen LogP) is 9.07. The summed E-state index contributed by atoms with van der Waals surface area (Å²) in [5.41, 5.74) is 13.1. The molecule has 0 saturated carbocycles. The highest BCUT2D eigenvalue weighted by Crippen LogP contribution is 2.39. The Hall–Kier alpha value is -5.09. The van der Waals surface area contributed by atoms with Crippen LogP contribution in [0.25, 0.3) is 62.4 Å². The molecular weight excluding hydrogens is 697 g/mol. The van der Waals surface area contributed by atoms with E-state index in [2.05, 4.69) is 10.3 Å². The highest BCUT2D eigenvalue weighted by atomic mass is 32.2. The normalized spacial score (nSPS) is 11.6. The van der Waals surface area contributed by atoms with Crippen LogP contribution in [0.15, 0.2) is 102 Å². The molecule has 10 nitrogen and oxygen atoms in total. The molecule has 0 aliphatic heterocycles. The molecule has 0 radical (unpaired) electrons. The maximum absolute atomic E-state index is 13.1. The number of anilines is 2. The number of aromatic nitrogens is 3. The van der Waals surface area contributed by atoms with Crippen LogP contribution in [0.1, 0.15) is 15.9 Å². The van der Waals surface area contributed by atoms with Gasteiger partial charge in [-0.15, -0.1) is 34.0 Å². The van der Waals surface area contributed by atoms with Gasteiger partial charge in [-0.3, -0.25) is 9.35 Å². The maximum Gasteiger partial charge on any atom is 0.296 e. The van der Waals surface area contributed by atoms with Crippen LogP contribution in [0.3, 0.4) is 0 Å². The second-order valence-electron chi connectivity index (χ2n) is 11.1. The van der Waals surface area contributed by atoms with Gasteiger partial charge in [0.15, 0.2) is 0 Å². The molecule has 3 heterocycles. The number of nitrogens with two attached hydrogens (primary N) is 1. The first-order chi connectivity index (χ1) is 23.1. The fraction of sp³-hybridized carbons (Fsp3) is 0.0286. The fourth-order valence-electron chi connectivity index (χ4n) is 5.41. The second kappa shape index (κ2) is 12.4. The van der Waals surface area contributed by atoms with Crippen LogP contribution >= 0.6 is 34.0 Å². The van der Waals surface area contributed by atoms with E-state index in [1.54, 1.807) is 25.1 Å². The summed E-state index contributed by atoms with van der Waals surface area (Å²) in [6, 6.07) is 29.8. The van der Waals surface area contributed by atoms with Gasteiger partial charge in [-0.25, -0.2) is 15.0 Å². The van der Waals surface area contributed by atoms with E-state index in [9.17, 15) is 17.8 Å². The quantitative estimate of drug-likeness (QED) is 0.0960. The van der Waals surface area contributed by atoms with E-state index in [1.165, 1.54) is 34.0 Å². The molecule has 0 aliphatic carbocycles. The molecule has 14 heteroatoms. The SMILES string of the molecule is Cc1ccc2nc(-c3ccc4nc(-c5ccc(NC(=O)c6ccc7nc(-c8ccc(N)cc8)sc7c6)cc5)sc4c3)sc2c1S(=O)(=O)O.N. The minimum absolute atomic E-state index is 0. The number of nitrogens with one attached hydrogen (secondary N) is 1. The van der Waals surface area contributed by atoms with Crippen molar-refractivity contribution >= 4 is 92.1 Å². The first-order valence-corrected chi connectivity index (χ1v) is 18.4. The third-order valence-electron chi connectivity index (χ3n) is 7.80. The van der Waals surface area contributed by atoms with Gasteiger partial charge in [-0.1, -0.05) is 6.07 Å². The zero-order chi connectivity index (χ0) is 33.2. The highest BCUT2D eigenvalue weighted by molar-refractivity contribution is 7.86. The topological polar surface area (TPSA) is 183 Å². The standard InChI is InChI=1S/C35H23N5O4S4.H3N/c1-18-2-13-27-30(31(18)48(42,43)44)47-35(40-27)22-8-15-26-29(17-22)46-34(39-26)20-5-11-24(12-6-20)37-32(41)21-7-14-25-28(16-21)45-33(38-25)19-3-9-23(36)10-4-19;/h2-17H,36H2,1H3,(H,37,41)(H,42,43,44);1H3. The Bertz CT molecular complexity index is 2660. The molecule has 0 aliphatic rings. The number of carbonyl (C=O) groups excluding carboxylic acids is 1. The average Bonchev–Trinajstić information content (AvgIpc) is 3.80. The monoisotopic (exact) mass is 722 g/mol. The number of nitrogens with zero attached hydrogens (tertiary/aromatic N) is 3.